The van der Waals surface area contributed by atoms with E-state index in [1.54, 1.807) is 0 Å². The summed E-state index contributed by atoms with van der Waals surface area (Å²) in [7, 11) is 0. The number of halogens is 1. The Hall–Kier alpha value is -0.480. The number of hydrogen-bond acceptors (Lipinski definition) is 3. The zero-order chi connectivity index (χ0) is 13.5. The maximum atomic E-state index is 5.90. The van der Waals surface area contributed by atoms with Crippen molar-refractivity contribution in [2.24, 2.45) is 0 Å². The van der Waals surface area contributed by atoms with Crippen molar-refractivity contribution in [2.75, 3.05) is 12.3 Å². The minimum Gasteiger partial charge on any atom is -0.313 e. The number of benzene rings is 1. The summed E-state index contributed by atoms with van der Waals surface area (Å²) >= 11 is 9.62. The fraction of sp³-hybridized carbons (Fsp3) is 0.333. The van der Waals surface area contributed by atoms with Crippen LogP contribution in [-0.4, -0.2) is 18.3 Å². The highest BCUT2D eigenvalue weighted by atomic mass is 35.5. The van der Waals surface area contributed by atoms with Crippen molar-refractivity contribution >= 4 is 34.7 Å². The lowest BCUT2D eigenvalue weighted by Gasteiger charge is -2.16. The molecule has 0 saturated carbocycles. The molecule has 0 amide bonds. The van der Waals surface area contributed by atoms with Crippen LogP contribution in [0.3, 0.4) is 0 Å². The van der Waals surface area contributed by atoms with E-state index in [0.29, 0.717) is 6.04 Å². The average Bonchev–Trinajstić information content (AvgIpc) is 2.91. The zero-order valence-corrected chi connectivity index (χ0v) is 13.3. The second-order valence-corrected chi connectivity index (χ2v) is 6.87. The number of hydrogen-bond donors (Lipinski definition) is 1. The Morgan fingerprint density at radius 3 is 2.68 bits per heavy atom. The molecule has 1 N–H and O–H groups in total. The lowest BCUT2D eigenvalue weighted by atomic mass is 10.2. The lowest BCUT2D eigenvalue weighted by Crippen LogP contribution is -2.32. The molecule has 1 atom stereocenters. The summed E-state index contributed by atoms with van der Waals surface area (Å²) in [4.78, 5) is 2.72. The van der Waals surface area contributed by atoms with E-state index in [9.17, 15) is 0 Å². The molecule has 0 saturated heterocycles. The van der Waals surface area contributed by atoms with Gasteiger partial charge < -0.3 is 5.32 Å². The van der Waals surface area contributed by atoms with Gasteiger partial charge >= 0.3 is 0 Å². The molecule has 0 aliphatic heterocycles. The monoisotopic (exact) mass is 311 g/mol. The first-order valence-electron chi connectivity index (χ1n) is 6.42. The highest BCUT2D eigenvalue weighted by molar-refractivity contribution is 7.99. The molecule has 0 fully saturated rings. The molecule has 19 heavy (non-hydrogen) atoms. The second-order valence-electron chi connectivity index (χ2n) is 4.30. The summed E-state index contributed by atoms with van der Waals surface area (Å²) in [5.74, 6) is 1.08. The minimum atomic E-state index is 0.518. The summed E-state index contributed by atoms with van der Waals surface area (Å²) in [5.41, 5.74) is 0. The van der Waals surface area contributed by atoms with Gasteiger partial charge in [-0.2, -0.15) is 0 Å². The standard InChI is InChI=1S/C15H18ClNS2/c1-2-17-13(10-15-4-3-9-18-15)11-19-14-7-5-12(16)6-8-14/h3-9,13,17H,2,10-11H2,1H3. The average molecular weight is 312 g/mol. The topological polar surface area (TPSA) is 12.0 Å². The fourth-order valence-electron chi connectivity index (χ4n) is 1.88. The highest BCUT2D eigenvalue weighted by Crippen LogP contribution is 2.22. The van der Waals surface area contributed by atoms with Crippen LogP contribution in [0.25, 0.3) is 0 Å². The third-order valence-corrected chi connectivity index (χ3v) is 5.11. The predicted molar refractivity (Wildman–Crippen MR) is 87.7 cm³/mol. The van der Waals surface area contributed by atoms with Crippen molar-refractivity contribution in [3.8, 4) is 0 Å². The Morgan fingerprint density at radius 2 is 2.05 bits per heavy atom. The maximum Gasteiger partial charge on any atom is 0.0406 e. The van der Waals surface area contributed by atoms with E-state index in [1.165, 1.54) is 9.77 Å². The summed E-state index contributed by atoms with van der Waals surface area (Å²) in [5, 5.41) is 6.50. The molecule has 1 aromatic heterocycles. The van der Waals surface area contributed by atoms with E-state index in [2.05, 4.69) is 41.9 Å². The van der Waals surface area contributed by atoms with Crippen molar-refractivity contribution in [1.82, 2.24) is 5.32 Å². The number of thiophene rings is 1. The minimum absolute atomic E-state index is 0.518. The molecule has 1 heterocycles. The summed E-state index contributed by atoms with van der Waals surface area (Å²) in [6, 6.07) is 12.9. The van der Waals surface area contributed by atoms with Gasteiger partial charge in [0.05, 0.1) is 0 Å². The first kappa shape index (κ1) is 14.9. The SMILES string of the molecule is CCNC(CSc1ccc(Cl)cc1)Cc1cccs1. The van der Waals surface area contributed by atoms with Gasteiger partial charge in [0.15, 0.2) is 0 Å². The Labute approximate surface area is 128 Å². The molecule has 2 aromatic rings. The third kappa shape index (κ3) is 5.19. The van der Waals surface area contributed by atoms with E-state index in [1.807, 2.05) is 35.2 Å². The van der Waals surface area contributed by atoms with Gasteiger partial charge in [0.2, 0.25) is 0 Å². The number of thioether (sulfide) groups is 1. The first-order valence-corrected chi connectivity index (χ1v) is 8.66. The molecule has 1 unspecified atom stereocenters. The Morgan fingerprint density at radius 1 is 1.26 bits per heavy atom. The van der Waals surface area contributed by atoms with Gasteiger partial charge in [0, 0.05) is 26.6 Å². The molecule has 0 aliphatic carbocycles. The van der Waals surface area contributed by atoms with Crippen LogP contribution in [0, 0.1) is 0 Å². The van der Waals surface area contributed by atoms with Crippen LogP contribution >= 0.6 is 34.7 Å². The van der Waals surface area contributed by atoms with Crippen LogP contribution in [-0.2, 0) is 6.42 Å². The molecule has 2 rings (SSSR count). The quantitative estimate of drug-likeness (QED) is 0.743. The molecule has 0 spiro atoms. The largest absolute Gasteiger partial charge is 0.313 e. The predicted octanol–water partition coefficient (Wildman–Crippen LogP) is 4.71. The molecule has 4 heteroatoms. The van der Waals surface area contributed by atoms with Crippen LogP contribution in [0.2, 0.25) is 5.02 Å². The van der Waals surface area contributed by atoms with Crippen molar-refractivity contribution in [2.45, 2.75) is 24.3 Å². The van der Waals surface area contributed by atoms with Gasteiger partial charge in [-0.1, -0.05) is 24.6 Å². The summed E-state index contributed by atoms with van der Waals surface area (Å²) < 4.78 is 0. The van der Waals surface area contributed by atoms with Crippen LogP contribution in [0.15, 0.2) is 46.7 Å². The maximum absolute atomic E-state index is 5.90. The zero-order valence-electron chi connectivity index (χ0n) is 10.9. The van der Waals surface area contributed by atoms with Crippen LogP contribution in [0.1, 0.15) is 11.8 Å². The van der Waals surface area contributed by atoms with E-state index >= 15 is 0 Å². The molecule has 1 nitrogen and oxygen atoms in total. The van der Waals surface area contributed by atoms with Gasteiger partial charge in [-0.25, -0.2) is 0 Å². The van der Waals surface area contributed by atoms with E-state index in [0.717, 1.165) is 23.7 Å². The van der Waals surface area contributed by atoms with Crippen molar-refractivity contribution in [3.63, 3.8) is 0 Å². The van der Waals surface area contributed by atoms with Crippen LogP contribution in [0.4, 0.5) is 0 Å². The first-order chi connectivity index (χ1) is 9.28. The second kappa shape index (κ2) is 7.95. The smallest absolute Gasteiger partial charge is 0.0406 e. The fourth-order valence-corrected chi connectivity index (χ4v) is 3.75. The van der Waals surface area contributed by atoms with Crippen molar-refractivity contribution in [3.05, 3.63) is 51.7 Å². The molecule has 0 radical (unpaired) electrons. The Bertz CT molecular complexity index is 467. The molecule has 0 aliphatic rings. The van der Waals surface area contributed by atoms with Gasteiger partial charge in [-0.3, -0.25) is 0 Å². The summed E-state index contributed by atoms with van der Waals surface area (Å²) in [6.07, 6.45) is 1.10. The molecular weight excluding hydrogens is 294 g/mol. The van der Waals surface area contributed by atoms with Crippen LogP contribution in [0.5, 0.6) is 0 Å². The molecule has 0 bridgehead atoms. The lowest BCUT2D eigenvalue weighted by molar-refractivity contribution is 0.576. The van der Waals surface area contributed by atoms with E-state index < -0.39 is 0 Å². The van der Waals surface area contributed by atoms with Gasteiger partial charge in [-0.15, -0.1) is 23.1 Å². The molecular formula is C15H18ClNS2. The Balaban J connectivity index is 1.87. The van der Waals surface area contributed by atoms with Gasteiger partial charge in [0.25, 0.3) is 0 Å². The van der Waals surface area contributed by atoms with Crippen molar-refractivity contribution in [1.29, 1.82) is 0 Å². The number of nitrogens with one attached hydrogen (secondary N) is 1. The normalized spacial score (nSPS) is 12.5. The molecule has 102 valence electrons. The Kier molecular flexibility index (Phi) is 6.24. The summed E-state index contributed by atoms with van der Waals surface area (Å²) in [6.45, 7) is 3.17. The van der Waals surface area contributed by atoms with Crippen LogP contribution < -0.4 is 5.32 Å². The van der Waals surface area contributed by atoms with Crippen molar-refractivity contribution < 1.29 is 0 Å². The molecule has 1 aromatic carbocycles. The van der Waals surface area contributed by atoms with E-state index in [-0.39, 0.29) is 0 Å². The van der Waals surface area contributed by atoms with Gasteiger partial charge in [0.1, 0.15) is 0 Å². The third-order valence-electron chi connectivity index (χ3n) is 2.79. The number of rotatable bonds is 7. The highest BCUT2D eigenvalue weighted by Gasteiger charge is 2.09. The number of likely N-dealkylation sites (N-methyl/N-ethyl adjacent to an activating group) is 1. The van der Waals surface area contributed by atoms with E-state index in [4.69, 9.17) is 11.6 Å². The van der Waals surface area contributed by atoms with Gasteiger partial charge in [-0.05, 0) is 48.7 Å².